The number of carbonyl (C=O) groups is 1. The Labute approximate surface area is 135 Å². The third-order valence-electron chi connectivity index (χ3n) is 3.62. The van der Waals surface area contributed by atoms with Crippen LogP contribution in [0.2, 0.25) is 0 Å². The summed E-state index contributed by atoms with van der Waals surface area (Å²) in [5.74, 6) is 1.56. The number of hydrogen-bond acceptors (Lipinski definition) is 3. The fraction of sp³-hybridized carbons (Fsp3) is 0.278. The zero-order valence-corrected chi connectivity index (χ0v) is 13.1. The second-order valence-corrected chi connectivity index (χ2v) is 5.47. The monoisotopic (exact) mass is 312 g/mol. The molecule has 2 aromatic carbocycles. The Morgan fingerprint density at radius 2 is 1.78 bits per heavy atom. The summed E-state index contributed by atoms with van der Waals surface area (Å²) in [6, 6.07) is 13.4. The van der Waals surface area contributed by atoms with Gasteiger partial charge in [0, 0.05) is 12.2 Å². The smallest absolute Gasteiger partial charge is 0.319 e. The molecule has 0 bridgehead atoms. The molecule has 0 saturated carbocycles. The topological polar surface area (TPSA) is 59.6 Å². The van der Waals surface area contributed by atoms with Gasteiger partial charge in [0.1, 0.15) is 13.2 Å². The molecule has 1 aliphatic heterocycles. The highest BCUT2D eigenvalue weighted by Gasteiger charge is 2.11. The van der Waals surface area contributed by atoms with E-state index in [2.05, 4.69) is 10.6 Å². The van der Waals surface area contributed by atoms with E-state index in [1.54, 1.807) is 0 Å². The van der Waals surface area contributed by atoms with Crippen LogP contribution >= 0.6 is 0 Å². The average Bonchev–Trinajstić information content (AvgIpc) is 2.57. The quantitative estimate of drug-likeness (QED) is 0.912. The van der Waals surface area contributed by atoms with Crippen molar-refractivity contribution in [1.82, 2.24) is 5.32 Å². The van der Waals surface area contributed by atoms with Crippen molar-refractivity contribution in [2.24, 2.45) is 0 Å². The first-order valence-electron chi connectivity index (χ1n) is 7.71. The van der Waals surface area contributed by atoms with Crippen molar-refractivity contribution in [3.63, 3.8) is 0 Å². The number of amides is 2. The molecule has 2 aromatic rings. The summed E-state index contributed by atoms with van der Waals surface area (Å²) >= 11 is 0. The Kier molecular flexibility index (Phi) is 4.66. The van der Waals surface area contributed by atoms with Crippen molar-refractivity contribution < 1.29 is 14.3 Å². The van der Waals surface area contributed by atoms with Gasteiger partial charge in [-0.25, -0.2) is 4.79 Å². The standard InChI is InChI=1S/C18H20N2O3/c1-13-2-5-15(6-3-13)20-18(21)19-9-8-14-4-7-16-17(12-14)23-11-10-22-16/h2-7,12H,8-11H2,1H3,(H2,19,20,21). The Morgan fingerprint density at radius 3 is 2.57 bits per heavy atom. The fourth-order valence-electron chi connectivity index (χ4n) is 2.38. The second kappa shape index (κ2) is 7.05. The lowest BCUT2D eigenvalue weighted by atomic mass is 10.1. The number of anilines is 1. The van der Waals surface area contributed by atoms with Crippen LogP contribution < -0.4 is 20.1 Å². The minimum absolute atomic E-state index is 0.202. The van der Waals surface area contributed by atoms with Crippen LogP contribution in [0.5, 0.6) is 11.5 Å². The van der Waals surface area contributed by atoms with Crippen molar-refractivity contribution in [3.05, 3.63) is 53.6 Å². The molecule has 5 heteroatoms. The van der Waals surface area contributed by atoms with E-state index in [-0.39, 0.29) is 6.03 Å². The number of fused-ring (bicyclic) bond motifs is 1. The summed E-state index contributed by atoms with van der Waals surface area (Å²) in [6.07, 6.45) is 0.734. The molecular weight excluding hydrogens is 292 g/mol. The SMILES string of the molecule is Cc1ccc(NC(=O)NCCc2ccc3c(c2)OCCO3)cc1. The van der Waals surface area contributed by atoms with Crippen LogP contribution in [0.25, 0.3) is 0 Å². The van der Waals surface area contributed by atoms with Crippen LogP contribution in [0, 0.1) is 6.92 Å². The van der Waals surface area contributed by atoms with Gasteiger partial charge in [0.25, 0.3) is 0 Å². The van der Waals surface area contributed by atoms with Crippen LogP contribution in [0.3, 0.4) is 0 Å². The van der Waals surface area contributed by atoms with Crippen molar-refractivity contribution >= 4 is 11.7 Å². The largest absolute Gasteiger partial charge is 0.486 e. The molecule has 0 unspecified atom stereocenters. The molecule has 0 spiro atoms. The van der Waals surface area contributed by atoms with Gasteiger partial charge in [0.15, 0.2) is 11.5 Å². The molecule has 0 atom stereocenters. The lowest BCUT2D eigenvalue weighted by Gasteiger charge is -2.18. The molecule has 1 heterocycles. The first-order chi connectivity index (χ1) is 11.2. The van der Waals surface area contributed by atoms with Crippen LogP contribution in [0.4, 0.5) is 10.5 Å². The lowest BCUT2D eigenvalue weighted by Crippen LogP contribution is -2.30. The highest BCUT2D eigenvalue weighted by Crippen LogP contribution is 2.30. The number of nitrogens with one attached hydrogen (secondary N) is 2. The Morgan fingerprint density at radius 1 is 1.04 bits per heavy atom. The summed E-state index contributed by atoms with van der Waals surface area (Å²) in [5.41, 5.74) is 3.05. The number of rotatable bonds is 4. The number of urea groups is 1. The normalized spacial score (nSPS) is 12.6. The lowest BCUT2D eigenvalue weighted by molar-refractivity contribution is 0.171. The average molecular weight is 312 g/mol. The van der Waals surface area contributed by atoms with Gasteiger partial charge < -0.3 is 20.1 Å². The zero-order chi connectivity index (χ0) is 16.1. The molecule has 0 fully saturated rings. The Hall–Kier alpha value is -2.69. The van der Waals surface area contributed by atoms with E-state index in [0.717, 1.165) is 34.7 Å². The number of carbonyl (C=O) groups excluding carboxylic acids is 1. The van der Waals surface area contributed by atoms with Crippen LogP contribution in [0.1, 0.15) is 11.1 Å². The predicted molar refractivity (Wildman–Crippen MR) is 89.3 cm³/mol. The van der Waals surface area contributed by atoms with E-state index in [1.807, 2.05) is 49.4 Å². The molecular formula is C18H20N2O3. The summed E-state index contributed by atoms with van der Waals surface area (Å²) in [7, 11) is 0. The minimum Gasteiger partial charge on any atom is -0.486 e. The molecule has 2 N–H and O–H groups in total. The van der Waals surface area contributed by atoms with Gasteiger partial charge >= 0.3 is 6.03 Å². The van der Waals surface area contributed by atoms with Crippen molar-refractivity contribution in [3.8, 4) is 11.5 Å². The molecule has 2 amide bonds. The number of benzene rings is 2. The van der Waals surface area contributed by atoms with Gasteiger partial charge in [-0.1, -0.05) is 23.8 Å². The molecule has 0 radical (unpaired) electrons. The van der Waals surface area contributed by atoms with E-state index >= 15 is 0 Å². The zero-order valence-electron chi connectivity index (χ0n) is 13.1. The van der Waals surface area contributed by atoms with E-state index < -0.39 is 0 Å². The molecule has 5 nitrogen and oxygen atoms in total. The first-order valence-corrected chi connectivity index (χ1v) is 7.71. The highest BCUT2D eigenvalue weighted by molar-refractivity contribution is 5.89. The van der Waals surface area contributed by atoms with E-state index in [9.17, 15) is 4.79 Å². The van der Waals surface area contributed by atoms with Gasteiger partial charge in [0.05, 0.1) is 0 Å². The third kappa shape index (κ3) is 4.16. The maximum absolute atomic E-state index is 11.9. The van der Waals surface area contributed by atoms with Gasteiger partial charge in [-0.15, -0.1) is 0 Å². The maximum Gasteiger partial charge on any atom is 0.319 e. The molecule has 0 aliphatic carbocycles. The maximum atomic E-state index is 11.9. The fourth-order valence-corrected chi connectivity index (χ4v) is 2.38. The summed E-state index contributed by atoms with van der Waals surface area (Å²) in [5, 5.41) is 5.66. The van der Waals surface area contributed by atoms with Gasteiger partial charge in [-0.2, -0.15) is 0 Å². The highest BCUT2D eigenvalue weighted by atomic mass is 16.6. The molecule has 1 aliphatic rings. The van der Waals surface area contributed by atoms with Crippen LogP contribution in [0.15, 0.2) is 42.5 Å². The number of hydrogen-bond donors (Lipinski definition) is 2. The minimum atomic E-state index is -0.202. The van der Waals surface area contributed by atoms with E-state index in [4.69, 9.17) is 9.47 Å². The van der Waals surface area contributed by atoms with E-state index in [1.165, 1.54) is 0 Å². The first kappa shape index (κ1) is 15.2. The summed E-state index contributed by atoms with van der Waals surface area (Å²) in [6.45, 7) is 3.73. The molecule has 3 rings (SSSR count). The predicted octanol–water partition coefficient (Wildman–Crippen LogP) is 3.13. The summed E-state index contributed by atoms with van der Waals surface area (Å²) < 4.78 is 11.0. The van der Waals surface area contributed by atoms with Crippen molar-refractivity contribution in [2.75, 3.05) is 25.1 Å². The van der Waals surface area contributed by atoms with E-state index in [0.29, 0.717) is 19.8 Å². The number of ether oxygens (including phenoxy) is 2. The van der Waals surface area contributed by atoms with Crippen LogP contribution in [-0.4, -0.2) is 25.8 Å². The Bertz CT molecular complexity index is 683. The number of aryl methyl sites for hydroxylation is 1. The van der Waals surface area contributed by atoms with Gasteiger partial charge in [-0.3, -0.25) is 0 Å². The van der Waals surface area contributed by atoms with Crippen molar-refractivity contribution in [2.45, 2.75) is 13.3 Å². The summed E-state index contributed by atoms with van der Waals surface area (Å²) in [4.78, 5) is 11.9. The molecule has 0 aromatic heterocycles. The second-order valence-electron chi connectivity index (χ2n) is 5.47. The third-order valence-corrected chi connectivity index (χ3v) is 3.62. The molecule has 0 saturated heterocycles. The Balaban J connectivity index is 1.47. The molecule has 120 valence electrons. The van der Waals surface area contributed by atoms with Gasteiger partial charge in [-0.05, 0) is 43.2 Å². The molecule has 23 heavy (non-hydrogen) atoms. The van der Waals surface area contributed by atoms with Gasteiger partial charge in [0.2, 0.25) is 0 Å². The van der Waals surface area contributed by atoms with Crippen molar-refractivity contribution in [1.29, 1.82) is 0 Å². The van der Waals surface area contributed by atoms with Crippen LogP contribution in [-0.2, 0) is 6.42 Å².